The average molecular weight is 454 g/mol. The van der Waals surface area contributed by atoms with E-state index in [9.17, 15) is 19.2 Å². The van der Waals surface area contributed by atoms with Crippen LogP contribution < -0.4 is 10.6 Å². The maximum Gasteiger partial charge on any atom is 0.407 e. The van der Waals surface area contributed by atoms with Gasteiger partial charge in [-0.1, -0.05) is 48.5 Å². The predicted octanol–water partition coefficient (Wildman–Crippen LogP) is 2.44. The molecule has 3 rings (SSSR count). The fraction of sp³-hybridized carbons (Fsp3) is 0.333. The number of hydrogen-bond acceptors (Lipinski definition) is 6. The summed E-state index contributed by atoms with van der Waals surface area (Å²) in [5, 5.41) is 14.0. The van der Waals surface area contributed by atoms with Crippen molar-refractivity contribution in [1.29, 1.82) is 0 Å². The molecule has 0 bridgehead atoms. The molecule has 2 atom stereocenters. The van der Waals surface area contributed by atoms with Gasteiger partial charge in [-0.25, -0.2) is 9.59 Å². The molecule has 2 amide bonds. The Labute approximate surface area is 191 Å². The normalized spacial score (nSPS) is 13.8. The number of nitrogens with one attached hydrogen (secondary N) is 2. The van der Waals surface area contributed by atoms with Crippen molar-refractivity contribution >= 4 is 23.9 Å². The van der Waals surface area contributed by atoms with Gasteiger partial charge in [-0.2, -0.15) is 0 Å². The summed E-state index contributed by atoms with van der Waals surface area (Å²) in [6.07, 6.45) is -1.36. The van der Waals surface area contributed by atoms with E-state index >= 15 is 0 Å². The van der Waals surface area contributed by atoms with Crippen LogP contribution in [0.2, 0.25) is 0 Å². The molecule has 33 heavy (non-hydrogen) atoms. The van der Waals surface area contributed by atoms with Gasteiger partial charge in [0.15, 0.2) is 0 Å². The topological polar surface area (TPSA) is 131 Å². The Morgan fingerprint density at radius 2 is 1.52 bits per heavy atom. The molecule has 0 saturated carbocycles. The number of hydrogen-bond donors (Lipinski definition) is 3. The number of carbonyl (C=O) groups is 4. The van der Waals surface area contributed by atoms with Crippen LogP contribution in [0.5, 0.6) is 0 Å². The molecule has 0 unspecified atom stereocenters. The third-order valence-electron chi connectivity index (χ3n) is 5.43. The van der Waals surface area contributed by atoms with Gasteiger partial charge in [0.2, 0.25) is 5.91 Å². The van der Waals surface area contributed by atoms with Crippen LogP contribution in [-0.4, -0.2) is 54.8 Å². The van der Waals surface area contributed by atoms with Crippen LogP contribution in [0.1, 0.15) is 36.8 Å². The van der Waals surface area contributed by atoms with Crippen molar-refractivity contribution in [2.24, 2.45) is 0 Å². The first-order chi connectivity index (χ1) is 15.8. The molecule has 9 nitrogen and oxygen atoms in total. The van der Waals surface area contributed by atoms with Crippen LogP contribution in [0.3, 0.4) is 0 Å². The molecule has 174 valence electrons. The van der Waals surface area contributed by atoms with Gasteiger partial charge in [0, 0.05) is 18.4 Å². The van der Waals surface area contributed by atoms with Gasteiger partial charge in [0.25, 0.3) is 0 Å². The monoisotopic (exact) mass is 454 g/mol. The number of aliphatic carboxylic acids is 1. The Balaban J connectivity index is 1.51. The van der Waals surface area contributed by atoms with Crippen molar-refractivity contribution in [1.82, 2.24) is 10.6 Å². The van der Waals surface area contributed by atoms with Crippen LogP contribution in [0.4, 0.5) is 4.79 Å². The first-order valence-electron chi connectivity index (χ1n) is 10.5. The van der Waals surface area contributed by atoms with Gasteiger partial charge in [0.1, 0.15) is 12.6 Å². The number of alkyl carbamates (subject to hydrolysis) is 1. The Hall–Kier alpha value is -3.88. The van der Waals surface area contributed by atoms with Crippen molar-refractivity contribution in [2.75, 3.05) is 13.7 Å². The van der Waals surface area contributed by atoms with Gasteiger partial charge < -0.3 is 25.2 Å². The van der Waals surface area contributed by atoms with E-state index in [1.807, 2.05) is 48.5 Å². The van der Waals surface area contributed by atoms with Gasteiger partial charge in [-0.15, -0.1) is 0 Å². The molecule has 1 aliphatic carbocycles. The van der Waals surface area contributed by atoms with E-state index in [0.29, 0.717) is 0 Å². The van der Waals surface area contributed by atoms with Crippen molar-refractivity contribution in [3.8, 4) is 11.1 Å². The Kier molecular flexibility index (Phi) is 7.66. The zero-order chi connectivity index (χ0) is 24.0. The highest BCUT2D eigenvalue weighted by Crippen LogP contribution is 2.44. The molecule has 0 heterocycles. The maximum absolute atomic E-state index is 12.3. The van der Waals surface area contributed by atoms with Crippen molar-refractivity contribution < 1.29 is 33.8 Å². The summed E-state index contributed by atoms with van der Waals surface area (Å²) in [4.78, 5) is 47.0. The largest absolute Gasteiger partial charge is 0.480 e. The minimum atomic E-state index is -1.41. The van der Waals surface area contributed by atoms with E-state index in [4.69, 9.17) is 9.84 Å². The highest BCUT2D eigenvalue weighted by molar-refractivity contribution is 5.87. The Morgan fingerprint density at radius 3 is 2.06 bits per heavy atom. The summed E-state index contributed by atoms with van der Waals surface area (Å²) in [7, 11) is 1.13. The van der Waals surface area contributed by atoms with Crippen molar-refractivity contribution in [2.45, 2.75) is 37.8 Å². The highest BCUT2D eigenvalue weighted by Gasteiger charge is 2.29. The van der Waals surface area contributed by atoms with Crippen LogP contribution >= 0.6 is 0 Å². The molecule has 2 aromatic carbocycles. The number of amides is 2. The summed E-state index contributed by atoms with van der Waals surface area (Å²) in [5.74, 6) is -2.83. The minimum absolute atomic E-state index is 0.0867. The summed E-state index contributed by atoms with van der Waals surface area (Å²) in [5.41, 5.74) is 4.41. The summed E-state index contributed by atoms with van der Waals surface area (Å²) < 4.78 is 9.87. The Morgan fingerprint density at radius 1 is 0.939 bits per heavy atom. The Bertz CT molecular complexity index is 1010. The lowest BCUT2D eigenvalue weighted by Gasteiger charge is -2.18. The zero-order valence-corrected chi connectivity index (χ0v) is 18.4. The summed E-state index contributed by atoms with van der Waals surface area (Å²) in [6.45, 7) is 1.73. The molecule has 2 aromatic rings. The van der Waals surface area contributed by atoms with E-state index < -0.39 is 42.4 Å². The van der Waals surface area contributed by atoms with Crippen LogP contribution in [0, 0.1) is 0 Å². The number of methoxy groups -OCH3 is 1. The summed E-state index contributed by atoms with van der Waals surface area (Å²) >= 11 is 0. The van der Waals surface area contributed by atoms with Gasteiger partial charge in [0.05, 0.1) is 13.5 Å². The number of carboxylic acids is 1. The quantitative estimate of drug-likeness (QED) is 0.496. The molecule has 0 aliphatic heterocycles. The first kappa shape index (κ1) is 23.8. The fourth-order valence-corrected chi connectivity index (χ4v) is 3.87. The SMILES string of the molecule is COC(=O)C[C@@H](NC(=O)C[C@@H](C)NC(=O)OCC1c2ccccc2-c2ccccc21)C(=O)O. The van der Waals surface area contributed by atoms with Crippen LogP contribution in [-0.2, 0) is 23.9 Å². The second kappa shape index (κ2) is 10.6. The molecule has 0 spiro atoms. The highest BCUT2D eigenvalue weighted by atomic mass is 16.5. The number of esters is 1. The standard InChI is InChI=1S/C24H26N2O7/c1-14(11-21(27)26-20(23(29)30)12-22(28)32-2)25-24(31)33-13-19-17-9-5-3-7-15(17)16-8-4-6-10-18(16)19/h3-10,14,19-20H,11-13H2,1-2H3,(H,25,31)(H,26,27)(H,29,30)/t14-,20-/m1/s1. The second-order valence-corrected chi connectivity index (χ2v) is 7.81. The number of fused-ring (bicyclic) bond motifs is 3. The molecule has 3 N–H and O–H groups in total. The molecular formula is C24H26N2O7. The average Bonchev–Trinajstić information content (AvgIpc) is 3.10. The first-order valence-corrected chi connectivity index (χ1v) is 10.5. The van der Waals surface area contributed by atoms with Crippen LogP contribution in [0.15, 0.2) is 48.5 Å². The lowest BCUT2D eigenvalue weighted by atomic mass is 9.98. The van der Waals surface area contributed by atoms with Crippen molar-refractivity contribution in [3.63, 3.8) is 0 Å². The second-order valence-electron chi connectivity index (χ2n) is 7.81. The van der Waals surface area contributed by atoms with E-state index in [2.05, 4.69) is 15.4 Å². The lowest BCUT2D eigenvalue weighted by molar-refractivity contribution is -0.148. The molecular weight excluding hydrogens is 428 g/mol. The third-order valence-corrected chi connectivity index (χ3v) is 5.43. The number of rotatable bonds is 9. The maximum atomic E-state index is 12.3. The summed E-state index contributed by atoms with van der Waals surface area (Å²) in [6, 6.07) is 13.9. The number of benzene rings is 2. The molecule has 0 aromatic heterocycles. The number of carboxylic acid groups (broad SMARTS) is 1. The predicted molar refractivity (Wildman–Crippen MR) is 118 cm³/mol. The number of ether oxygens (including phenoxy) is 2. The molecule has 1 aliphatic rings. The van der Waals surface area contributed by atoms with E-state index in [1.54, 1.807) is 6.92 Å². The smallest absolute Gasteiger partial charge is 0.407 e. The van der Waals surface area contributed by atoms with Gasteiger partial charge in [-0.3, -0.25) is 9.59 Å². The van der Waals surface area contributed by atoms with E-state index in [1.165, 1.54) is 0 Å². The minimum Gasteiger partial charge on any atom is -0.480 e. The lowest BCUT2D eigenvalue weighted by Crippen LogP contribution is -2.45. The van der Waals surface area contributed by atoms with Crippen molar-refractivity contribution in [3.05, 3.63) is 59.7 Å². The molecule has 0 fully saturated rings. The van der Waals surface area contributed by atoms with E-state index in [-0.39, 0.29) is 18.9 Å². The van der Waals surface area contributed by atoms with Gasteiger partial charge >= 0.3 is 18.0 Å². The molecule has 0 radical (unpaired) electrons. The van der Waals surface area contributed by atoms with Crippen LogP contribution in [0.25, 0.3) is 11.1 Å². The zero-order valence-electron chi connectivity index (χ0n) is 18.4. The van der Waals surface area contributed by atoms with Gasteiger partial charge in [-0.05, 0) is 29.2 Å². The molecule has 0 saturated heterocycles. The number of carbonyl (C=O) groups excluding carboxylic acids is 3. The van der Waals surface area contributed by atoms with E-state index in [0.717, 1.165) is 29.4 Å². The fourth-order valence-electron chi connectivity index (χ4n) is 3.87. The molecule has 9 heteroatoms. The third kappa shape index (κ3) is 5.88.